The van der Waals surface area contributed by atoms with E-state index < -0.39 is 0 Å². The van der Waals surface area contributed by atoms with Crippen molar-refractivity contribution in [2.75, 3.05) is 16.4 Å². The Balaban J connectivity index is 2.00. The van der Waals surface area contributed by atoms with Gasteiger partial charge in [0.05, 0.1) is 15.7 Å². The number of halogens is 1. The Kier molecular flexibility index (Phi) is 3.51. The highest BCUT2D eigenvalue weighted by molar-refractivity contribution is 7.14. The molecule has 4 N–H and O–H groups in total. The number of nitrogens with two attached hydrogens (primary N) is 1. The number of nitrogens with one attached hydrogen (secondary N) is 2. The molecule has 0 fully saturated rings. The van der Waals surface area contributed by atoms with E-state index in [1.54, 1.807) is 18.2 Å². The molecule has 0 aliphatic heterocycles. The monoisotopic (exact) mass is 267 g/mol. The maximum atomic E-state index is 11.6. The van der Waals surface area contributed by atoms with Gasteiger partial charge in [0.2, 0.25) is 0 Å². The lowest BCUT2D eigenvalue weighted by atomic mass is 10.3. The number of hydrogen-bond acceptors (Lipinski definition) is 3. The van der Waals surface area contributed by atoms with Crippen LogP contribution in [-0.4, -0.2) is 6.03 Å². The molecule has 1 aromatic heterocycles. The van der Waals surface area contributed by atoms with E-state index >= 15 is 0 Å². The molecule has 1 aromatic carbocycles. The number of thiophene rings is 1. The number of carbonyl (C=O) groups excluding carboxylic acids is 1. The zero-order valence-electron chi connectivity index (χ0n) is 8.74. The summed E-state index contributed by atoms with van der Waals surface area (Å²) in [5.41, 5.74) is 6.65. The highest BCUT2D eigenvalue weighted by Crippen LogP contribution is 2.23. The third kappa shape index (κ3) is 3.12. The van der Waals surface area contributed by atoms with Gasteiger partial charge in [0.1, 0.15) is 0 Å². The predicted octanol–water partition coefficient (Wildman–Crippen LogP) is 3.63. The summed E-state index contributed by atoms with van der Waals surface area (Å²) in [6.45, 7) is 0. The van der Waals surface area contributed by atoms with Crippen LogP contribution in [0.3, 0.4) is 0 Å². The molecule has 2 aromatic rings. The summed E-state index contributed by atoms with van der Waals surface area (Å²) in [5.74, 6) is 0. The molecule has 0 saturated heterocycles. The van der Waals surface area contributed by atoms with Crippen LogP contribution in [0, 0.1) is 0 Å². The van der Waals surface area contributed by atoms with E-state index in [0.29, 0.717) is 16.4 Å². The number of amides is 2. The molecule has 0 atom stereocenters. The number of anilines is 3. The first-order valence-electron chi connectivity index (χ1n) is 4.81. The van der Waals surface area contributed by atoms with Crippen LogP contribution >= 0.6 is 22.9 Å². The number of urea groups is 1. The van der Waals surface area contributed by atoms with Crippen LogP contribution in [0.5, 0.6) is 0 Å². The van der Waals surface area contributed by atoms with Gasteiger partial charge in [-0.05, 0) is 35.7 Å². The van der Waals surface area contributed by atoms with Crippen molar-refractivity contribution in [1.29, 1.82) is 0 Å². The van der Waals surface area contributed by atoms with Gasteiger partial charge in [0.25, 0.3) is 0 Å². The fraction of sp³-hybridized carbons (Fsp3) is 0. The average molecular weight is 268 g/mol. The Morgan fingerprint density at radius 1 is 1.29 bits per heavy atom. The van der Waals surface area contributed by atoms with Gasteiger partial charge in [-0.1, -0.05) is 11.6 Å². The van der Waals surface area contributed by atoms with Crippen molar-refractivity contribution in [3.8, 4) is 0 Å². The van der Waals surface area contributed by atoms with Gasteiger partial charge in [-0.3, -0.25) is 5.32 Å². The molecule has 0 bridgehead atoms. The number of benzene rings is 1. The van der Waals surface area contributed by atoms with Crippen LogP contribution in [0.1, 0.15) is 0 Å². The van der Waals surface area contributed by atoms with Crippen molar-refractivity contribution < 1.29 is 4.79 Å². The van der Waals surface area contributed by atoms with Crippen molar-refractivity contribution in [2.24, 2.45) is 0 Å². The van der Waals surface area contributed by atoms with Gasteiger partial charge in [-0.2, -0.15) is 0 Å². The summed E-state index contributed by atoms with van der Waals surface area (Å²) in [5, 5.41) is 8.45. The molecule has 1 heterocycles. The number of rotatable bonds is 2. The molecule has 0 radical (unpaired) electrons. The molecule has 17 heavy (non-hydrogen) atoms. The quantitative estimate of drug-likeness (QED) is 0.728. The summed E-state index contributed by atoms with van der Waals surface area (Å²) < 4.78 is 0. The Bertz CT molecular complexity index is 528. The number of nitrogen functional groups attached to an aromatic ring is 1. The first-order chi connectivity index (χ1) is 8.15. The molecule has 2 amide bonds. The smallest absolute Gasteiger partial charge is 0.324 e. The zero-order chi connectivity index (χ0) is 12.3. The zero-order valence-corrected chi connectivity index (χ0v) is 10.3. The minimum Gasteiger partial charge on any atom is -0.398 e. The van der Waals surface area contributed by atoms with Gasteiger partial charge in [-0.25, -0.2) is 4.79 Å². The van der Waals surface area contributed by atoms with Gasteiger partial charge >= 0.3 is 6.03 Å². The highest BCUT2D eigenvalue weighted by Gasteiger charge is 2.04. The highest BCUT2D eigenvalue weighted by atomic mass is 35.5. The van der Waals surface area contributed by atoms with E-state index in [1.165, 1.54) is 11.3 Å². The molecule has 6 heteroatoms. The van der Waals surface area contributed by atoms with E-state index in [9.17, 15) is 4.79 Å². The Labute approximate surface area is 107 Å². The van der Waals surface area contributed by atoms with Gasteiger partial charge < -0.3 is 11.1 Å². The Hall–Kier alpha value is -1.72. The maximum absolute atomic E-state index is 11.6. The van der Waals surface area contributed by atoms with Crippen LogP contribution in [0.15, 0.2) is 35.7 Å². The third-order valence-corrected chi connectivity index (χ3v) is 3.13. The second-order valence-corrected chi connectivity index (χ2v) is 4.65. The average Bonchev–Trinajstić information content (AvgIpc) is 2.76. The molecular formula is C11H10ClN3OS. The van der Waals surface area contributed by atoms with Crippen molar-refractivity contribution >= 4 is 45.3 Å². The molecule has 88 valence electrons. The molecule has 0 unspecified atom stereocenters. The van der Waals surface area contributed by atoms with Crippen molar-refractivity contribution in [2.45, 2.75) is 0 Å². The van der Waals surface area contributed by atoms with Crippen LogP contribution < -0.4 is 16.4 Å². The maximum Gasteiger partial charge on any atom is 0.324 e. The summed E-state index contributed by atoms with van der Waals surface area (Å²) >= 11 is 7.29. The number of carbonyl (C=O) groups is 1. The Morgan fingerprint density at radius 2 is 2.12 bits per heavy atom. The molecule has 0 aliphatic carbocycles. The van der Waals surface area contributed by atoms with E-state index in [-0.39, 0.29) is 6.03 Å². The van der Waals surface area contributed by atoms with E-state index in [2.05, 4.69) is 10.6 Å². The molecule has 4 nitrogen and oxygen atoms in total. The summed E-state index contributed by atoms with van der Waals surface area (Å²) in [6, 6.07) is 8.30. The van der Waals surface area contributed by atoms with Crippen molar-refractivity contribution in [3.63, 3.8) is 0 Å². The summed E-state index contributed by atoms with van der Waals surface area (Å²) in [6.07, 6.45) is 0. The fourth-order valence-corrected chi connectivity index (χ4v) is 2.02. The van der Waals surface area contributed by atoms with Gasteiger partial charge in [-0.15, -0.1) is 11.3 Å². The predicted molar refractivity (Wildman–Crippen MR) is 72.8 cm³/mol. The lowest BCUT2D eigenvalue weighted by molar-refractivity contribution is 0.262. The van der Waals surface area contributed by atoms with Crippen molar-refractivity contribution in [1.82, 2.24) is 0 Å². The fourth-order valence-electron chi connectivity index (χ4n) is 1.23. The standard InChI is InChI=1S/C11H10ClN3OS/c12-8-6-7(3-4-9(8)13)14-11(16)15-10-2-1-5-17-10/h1-6H,13H2,(H2,14,15,16). The molecule has 0 aliphatic rings. The lowest BCUT2D eigenvalue weighted by Gasteiger charge is -2.07. The molecule has 0 saturated carbocycles. The second kappa shape index (κ2) is 5.07. The van der Waals surface area contributed by atoms with Crippen molar-refractivity contribution in [3.05, 3.63) is 40.7 Å². The Morgan fingerprint density at radius 3 is 2.76 bits per heavy atom. The second-order valence-electron chi connectivity index (χ2n) is 3.29. The van der Waals surface area contributed by atoms with Crippen LogP contribution in [-0.2, 0) is 0 Å². The SMILES string of the molecule is Nc1ccc(NC(=O)Nc2cccs2)cc1Cl. The summed E-state index contributed by atoms with van der Waals surface area (Å²) in [7, 11) is 0. The molecular weight excluding hydrogens is 258 g/mol. The van der Waals surface area contributed by atoms with Crippen LogP contribution in [0.2, 0.25) is 5.02 Å². The first kappa shape index (κ1) is 11.8. The van der Waals surface area contributed by atoms with E-state index in [1.807, 2.05) is 17.5 Å². The third-order valence-electron chi connectivity index (χ3n) is 2.02. The largest absolute Gasteiger partial charge is 0.398 e. The van der Waals surface area contributed by atoms with Crippen LogP contribution in [0.4, 0.5) is 21.2 Å². The first-order valence-corrected chi connectivity index (χ1v) is 6.07. The van der Waals surface area contributed by atoms with Gasteiger partial charge in [0.15, 0.2) is 0 Å². The molecule has 2 rings (SSSR count). The van der Waals surface area contributed by atoms with Gasteiger partial charge in [0, 0.05) is 5.69 Å². The topological polar surface area (TPSA) is 67.1 Å². The lowest BCUT2D eigenvalue weighted by Crippen LogP contribution is -2.18. The minimum atomic E-state index is -0.312. The van der Waals surface area contributed by atoms with E-state index in [0.717, 1.165) is 5.00 Å². The summed E-state index contributed by atoms with van der Waals surface area (Å²) in [4.78, 5) is 11.6. The van der Waals surface area contributed by atoms with Crippen LogP contribution in [0.25, 0.3) is 0 Å². The normalized spacial score (nSPS) is 9.94. The van der Waals surface area contributed by atoms with E-state index in [4.69, 9.17) is 17.3 Å². The minimum absolute atomic E-state index is 0.312. The molecule has 0 spiro atoms. The number of hydrogen-bond donors (Lipinski definition) is 3.